The summed E-state index contributed by atoms with van der Waals surface area (Å²) in [6.45, 7) is 3.45. The molecule has 0 saturated carbocycles. The minimum atomic E-state index is -0.0808. The fourth-order valence-corrected chi connectivity index (χ4v) is 3.92. The van der Waals surface area contributed by atoms with Gasteiger partial charge in [0.15, 0.2) is 5.65 Å². The van der Waals surface area contributed by atoms with E-state index >= 15 is 0 Å². The van der Waals surface area contributed by atoms with Crippen LogP contribution in [0.4, 0.5) is 0 Å². The van der Waals surface area contributed by atoms with Gasteiger partial charge in [0, 0.05) is 23.5 Å². The summed E-state index contributed by atoms with van der Waals surface area (Å²) in [5, 5.41) is 13.7. The van der Waals surface area contributed by atoms with Gasteiger partial charge in [-0.3, -0.25) is 4.79 Å². The molecule has 29 heavy (non-hydrogen) atoms. The van der Waals surface area contributed by atoms with Crippen LogP contribution in [0, 0.1) is 0 Å². The largest absolute Gasteiger partial charge is 0.351 e. The molecule has 2 aromatic carbocycles. The number of amides is 1. The molecule has 0 atom stereocenters. The molecule has 8 heteroatoms. The Hall–Kier alpha value is -2.64. The molecule has 4 aromatic rings. The van der Waals surface area contributed by atoms with Crippen LogP contribution in [-0.2, 0) is 17.9 Å². The molecule has 0 spiro atoms. The summed E-state index contributed by atoms with van der Waals surface area (Å²) in [5.74, 6) is 0.150. The fraction of sp³-hybridized carbons (Fsp3) is 0.238. The molecule has 0 aliphatic carbocycles. The van der Waals surface area contributed by atoms with Crippen molar-refractivity contribution in [1.29, 1.82) is 0 Å². The van der Waals surface area contributed by atoms with Crippen molar-refractivity contribution in [3.63, 3.8) is 0 Å². The monoisotopic (exact) mass is 425 g/mol. The predicted molar refractivity (Wildman–Crippen MR) is 117 cm³/mol. The Labute approximate surface area is 177 Å². The van der Waals surface area contributed by atoms with Gasteiger partial charge in [0.2, 0.25) is 11.1 Å². The van der Waals surface area contributed by atoms with Crippen LogP contribution < -0.4 is 5.32 Å². The summed E-state index contributed by atoms with van der Waals surface area (Å²) in [7, 11) is 0. The number of carbonyl (C=O) groups is 1. The Morgan fingerprint density at radius 3 is 2.72 bits per heavy atom. The van der Waals surface area contributed by atoms with Gasteiger partial charge in [0.1, 0.15) is 5.52 Å². The minimum absolute atomic E-state index is 0.0808. The lowest BCUT2D eigenvalue weighted by atomic mass is 10.2. The lowest BCUT2D eigenvalue weighted by Crippen LogP contribution is -2.24. The van der Waals surface area contributed by atoms with Crippen molar-refractivity contribution < 1.29 is 4.79 Å². The van der Waals surface area contributed by atoms with Crippen LogP contribution in [0.1, 0.15) is 18.9 Å². The summed E-state index contributed by atoms with van der Waals surface area (Å²) < 4.78 is 2.17. The topological polar surface area (TPSA) is 72.7 Å². The third kappa shape index (κ3) is 4.36. The van der Waals surface area contributed by atoms with E-state index in [0.29, 0.717) is 16.7 Å². The fourth-order valence-electron chi connectivity index (χ4n) is 3.18. The van der Waals surface area contributed by atoms with Gasteiger partial charge in [-0.25, -0.2) is 4.98 Å². The van der Waals surface area contributed by atoms with E-state index in [1.807, 2.05) is 42.5 Å². The van der Waals surface area contributed by atoms with Crippen LogP contribution in [0.25, 0.3) is 22.1 Å². The molecule has 0 bridgehead atoms. The number of carbonyl (C=O) groups excluding carboxylic acids is 1. The van der Waals surface area contributed by atoms with Crippen molar-refractivity contribution >= 4 is 51.3 Å². The van der Waals surface area contributed by atoms with E-state index in [0.717, 1.165) is 40.6 Å². The Morgan fingerprint density at radius 1 is 1.14 bits per heavy atom. The van der Waals surface area contributed by atoms with Gasteiger partial charge in [0.05, 0.1) is 11.3 Å². The zero-order valence-corrected chi connectivity index (χ0v) is 17.5. The highest BCUT2D eigenvalue weighted by molar-refractivity contribution is 7.99. The average molecular weight is 426 g/mol. The average Bonchev–Trinajstić information content (AvgIpc) is 3.05. The first-order valence-corrected chi connectivity index (χ1v) is 10.8. The van der Waals surface area contributed by atoms with Gasteiger partial charge in [-0.2, -0.15) is 0 Å². The van der Waals surface area contributed by atoms with E-state index in [1.54, 1.807) is 0 Å². The van der Waals surface area contributed by atoms with E-state index in [-0.39, 0.29) is 11.7 Å². The van der Waals surface area contributed by atoms with Crippen molar-refractivity contribution in [1.82, 2.24) is 25.1 Å². The summed E-state index contributed by atoms with van der Waals surface area (Å²) >= 11 is 7.16. The van der Waals surface area contributed by atoms with Crippen LogP contribution in [0.5, 0.6) is 0 Å². The molecule has 1 N–H and O–H groups in total. The zero-order chi connectivity index (χ0) is 20.2. The van der Waals surface area contributed by atoms with Crippen LogP contribution >= 0.6 is 23.4 Å². The van der Waals surface area contributed by atoms with Crippen molar-refractivity contribution in [3.05, 3.63) is 59.1 Å². The number of hydrogen-bond donors (Lipinski definition) is 1. The third-order valence-electron chi connectivity index (χ3n) is 4.54. The second-order valence-corrected chi connectivity index (χ2v) is 8.01. The Bertz CT molecular complexity index is 1160. The number of aryl methyl sites for hydroxylation is 1. The normalized spacial score (nSPS) is 11.2. The number of hydrogen-bond acceptors (Lipinski definition) is 5. The maximum Gasteiger partial charge on any atom is 0.230 e. The van der Waals surface area contributed by atoms with Gasteiger partial charge in [-0.15, -0.1) is 10.2 Å². The quantitative estimate of drug-likeness (QED) is 0.443. The second-order valence-electron chi connectivity index (χ2n) is 6.63. The number of para-hydroxylation sites is 1. The summed E-state index contributed by atoms with van der Waals surface area (Å²) in [4.78, 5) is 16.9. The highest BCUT2D eigenvalue weighted by Crippen LogP contribution is 2.27. The predicted octanol–water partition coefficient (Wildman–Crippen LogP) is 4.45. The van der Waals surface area contributed by atoms with Crippen molar-refractivity contribution in [3.8, 4) is 0 Å². The standard InChI is InChI=1S/C21H20ClN5OS/c1-2-11-27-17-6-4-3-5-16(17)19-20(27)24-21(26-25-19)29-13-18(28)23-12-14-7-9-15(22)10-8-14/h3-10H,2,11-13H2,1H3,(H,23,28). The molecule has 1 amide bonds. The van der Waals surface area contributed by atoms with Crippen LogP contribution in [-0.4, -0.2) is 31.4 Å². The number of thioether (sulfide) groups is 1. The number of nitrogens with one attached hydrogen (secondary N) is 1. The summed E-state index contributed by atoms with van der Waals surface area (Å²) in [6.07, 6.45) is 0.993. The molecule has 0 aliphatic heterocycles. The van der Waals surface area contributed by atoms with E-state index in [4.69, 9.17) is 11.6 Å². The van der Waals surface area contributed by atoms with E-state index in [1.165, 1.54) is 11.8 Å². The van der Waals surface area contributed by atoms with Gasteiger partial charge in [0.25, 0.3) is 0 Å². The summed E-state index contributed by atoms with van der Waals surface area (Å²) in [5.41, 5.74) is 3.71. The Kier molecular flexibility index (Phi) is 5.97. The molecule has 2 aromatic heterocycles. The molecular weight excluding hydrogens is 406 g/mol. The molecule has 0 unspecified atom stereocenters. The first kappa shape index (κ1) is 19.7. The van der Waals surface area contributed by atoms with Crippen molar-refractivity contribution in [2.45, 2.75) is 31.6 Å². The molecule has 148 valence electrons. The molecule has 0 radical (unpaired) electrons. The van der Waals surface area contributed by atoms with Gasteiger partial charge in [-0.1, -0.05) is 60.6 Å². The van der Waals surface area contributed by atoms with E-state index in [2.05, 4.69) is 38.1 Å². The van der Waals surface area contributed by atoms with Gasteiger partial charge < -0.3 is 9.88 Å². The first-order valence-electron chi connectivity index (χ1n) is 9.41. The van der Waals surface area contributed by atoms with Crippen molar-refractivity contribution in [2.24, 2.45) is 0 Å². The van der Waals surface area contributed by atoms with Crippen LogP contribution in [0.3, 0.4) is 0 Å². The number of benzene rings is 2. The van der Waals surface area contributed by atoms with E-state index in [9.17, 15) is 4.79 Å². The number of nitrogens with zero attached hydrogens (tertiary/aromatic N) is 4. The molecule has 2 heterocycles. The van der Waals surface area contributed by atoms with Gasteiger partial charge in [-0.05, 0) is 30.2 Å². The van der Waals surface area contributed by atoms with Crippen molar-refractivity contribution in [2.75, 3.05) is 5.75 Å². The first-order chi connectivity index (χ1) is 14.2. The molecule has 0 saturated heterocycles. The number of rotatable bonds is 7. The molecule has 0 aliphatic rings. The lowest BCUT2D eigenvalue weighted by Gasteiger charge is -2.06. The third-order valence-corrected chi connectivity index (χ3v) is 5.63. The van der Waals surface area contributed by atoms with E-state index < -0.39 is 0 Å². The minimum Gasteiger partial charge on any atom is -0.351 e. The Balaban J connectivity index is 1.46. The van der Waals surface area contributed by atoms with Gasteiger partial charge >= 0.3 is 0 Å². The number of fused-ring (bicyclic) bond motifs is 3. The van der Waals surface area contributed by atoms with Crippen LogP contribution in [0.15, 0.2) is 53.7 Å². The highest BCUT2D eigenvalue weighted by atomic mass is 35.5. The maximum atomic E-state index is 12.2. The Morgan fingerprint density at radius 2 is 1.93 bits per heavy atom. The number of halogens is 1. The summed E-state index contributed by atoms with van der Waals surface area (Å²) in [6, 6.07) is 15.5. The smallest absolute Gasteiger partial charge is 0.230 e. The number of aromatic nitrogens is 4. The molecule has 0 fully saturated rings. The molecular formula is C21H20ClN5OS. The molecule has 4 rings (SSSR count). The van der Waals surface area contributed by atoms with Crippen LogP contribution in [0.2, 0.25) is 5.02 Å². The highest BCUT2D eigenvalue weighted by Gasteiger charge is 2.15. The zero-order valence-electron chi connectivity index (χ0n) is 15.9. The maximum absolute atomic E-state index is 12.2. The molecule has 6 nitrogen and oxygen atoms in total. The SMILES string of the molecule is CCCn1c2ccccc2c2nnc(SCC(=O)NCc3ccc(Cl)cc3)nc21. The second kappa shape index (κ2) is 8.80. The lowest BCUT2D eigenvalue weighted by molar-refractivity contribution is -0.118.